The lowest BCUT2D eigenvalue weighted by Crippen LogP contribution is -2.48. The van der Waals surface area contributed by atoms with Crippen molar-refractivity contribution in [1.29, 1.82) is 0 Å². The predicted octanol–water partition coefficient (Wildman–Crippen LogP) is 3.53. The van der Waals surface area contributed by atoms with Crippen LogP contribution < -0.4 is 4.74 Å². The SMILES string of the molecule is CC(=O)c1ccc(OC2CCN(C(C)(C)C)CC2)cc1. The first-order valence-corrected chi connectivity index (χ1v) is 7.39. The first kappa shape index (κ1) is 15.0. The molecule has 0 amide bonds. The molecule has 1 aromatic rings. The number of hydrogen-bond donors (Lipinski definition) is 0. The van der Waals surface area contributed by atoms with Gasteiger partial charge in [0.05, 0.1) is 0 Å². The number of hydrogen-bond acceptors (Lipinski definition) is 3. The van der Waals surface area contributed by atoms with E-state index in [9.17, 15) is 4.79 Å². The molecule has 0 spiro atoms. The van der Waals surface area contributed by atoms with Crippen molar-refractivity contribution in [2.45, 2.75) is 52.2 Å². The van der Waals surface area contributed by atoms with E-state index in [-0.39, 0.29) is 17.4 Å². The Kier molecular flexibility index (Phi) is 4.48. The standard InChI is InChI=1S/C17H25NO2/c1-13(19)14-5-7-15(8-6-14)20-16-9-11-18(12-10-16)17(2,3)4/h5-8,16H,9-12H2,1-4H3. The molecule has 0 unspecified atom stereocenters. The number of ether oxygens (including phenoxy) is 1. The Morgan fingerprint density at radius 2 is 1.70 bits per heavy atom. The van der Waals surface area contributed by atoms with Gasteiger partial charge in [0, 0.05) is 24.2 Å². The maximum absolute atomic E-state index is 11.2. The number of piperidine rings is 1. The van der Waals surface area contributed by atoms with Crippen LogP contribution in [0.1, 0.15) is 50.9 Å². The van der Waals surface area contributed by atoms with Gasteiger partial charge in [0.2, 0.25) is 0 Å². The van der Waals surface area contributed by atoms with E-state index in [1.807, 2.05) is 24.3 Å². The normalized spacial score (nSPS) is 18.0. The molecule has 0 atom stereocenters. The summed E-state index contributed by atoms with van der Waals surface area (Å²) in [6.45, 7) is 10.5. The van der Waals surface area contributed by atoms with E-state index in [1.54, 1.807) is 6.92 Å². The highest BCUT2D eigenvalue weighted by molar-refractivity contribution is 5.94. The zero-order chi connectivity index (χ0) is 14.8. The van der Waals surface area contributed by atoms with E-state index in [0.717, 1.165) is 37.2 Å². The lowest BCUT2D eigenvalue weighted by Gasteiger charge is -2.40. The first-order valence-electron chi connectivity index (χ1n) is 7.39. The quantitative estimate of drug-likeness (QED) is 0.790. The number of carbonyl (C=O) groups excluding carboxylic acids is 1. The van der Waals surface area contributed by atoms with Crippen LogP contribution in [0.3, 0.4) is 0 Å². The second-order valence-electron chi connectivity index (χ2n) is 6.56. The van der Waals surface area contributed by atoms with Gasteiger partial charge in [-0.2, -0.15) is 0 Å². The second-order valence-corrected chi connectivity index (χ2v) is 6.56. The van der Waals surface area contributed by atoms with Crippen LogP contribution in [0.4, 0.5) is 0 Å². The van der Waals surface area contributed by atoms with E-state index >= 15 is 0 Å². The van der Waals surface area contributed by atoms with Crippen LogP contribution in [0, 0.1) is 0 Å². The molecule has 3 nitrogen and oxygen atoms in total. The summed E-state index contributed by atoms with van der Waals surface area (Å²) in [5.41, 5.74) is 0.980. The molecule has 3 heteroatoms. The summed E-state index contributed by atoms with van der Waals surface area (Å²) >= 11 is 0. The fourth-order valence-electron chi connectivity index (χ4n) is 2.61. The fraction of sp³-hybridized carbons (Fsp3) is 0.588. The van der Waals surface area contributed by atoms with Crippen molar-refractivity contribution in [2.24, 2.45) is 0 Å². The van der Waals surface area contributed by atoms with E-state index < -0.39 is 0 Å². The molecule has 1 aliphatic rings. The zero-order valence-corrected chi connectivity index (χ0v) is 13.0. The minimum absolute atomic E-state index is 0.0926. The van der Waals surface area contributed by atoms with Crippen LogP contribution in [-0.4, -0.2) is 35.4 Å². The Labute approximate surface area is 121 Å². The topological polar surface area (TPSA) is 29.5 Å². The third-order valence-corrected chi connectivity index (χ3v) is 3.95. The maximum atomic E-state index is 11.2. The maximum Gasteiger partial charge on any atom is 0.159 e. The van der Waals surface area contributed by atoms with Gasteiger partial charge in [0.1, 0.15) is 11.9 Å². The van der Waals surface area contributed by atoms with Crippen molar-refractivity contribution in [3.05, 3.63) is 29.8 Å². The monoisotopic (exact) mass is 275 g/mol. The molecular weight excluding hydrogens is 250 g/mol. The van der Waals surface area contributed by atoms with Crippen LogP contribution in [-0.2, 0) is 0 Å². The van der Waals surface area contributed by atoms with Gasteiger partial charge in [-0.25, -0.2) is 0 Å². The molecule has 1 fully saturated rings. The van der Waals surface area contributed by atoms with Gasteiger partial charge in [0.25, 0.3) is 0 Å². The molecule has 0 aromatic heterocycles. The Morgan fingerprint density at radius 1 is 1.15 bits per heavy atom. The minimum atomic E-state index is 0.0926. The molecule has 20 heavy (non-hydrogen) atoms. The molecule has 1 heterocycles. The third kappa shape index (κ3) is 3.83. The number of carbonyl (C=O) groups is 1. The van der Waals surface area contributed by atoms with Crippen LogP contribution in [0.25, 0.3) is 0 Å². The molecule has 2 rings (SSSR count). The molecule has 1 aliphatic heterocycles. The third-order valence-electron chi connectivity index (χ3n) is 3.95. The predicted molar refractivity (Wildman–Crippen MR) is 81.4 cm³/mol. The number of benzene rings is 1. The summed E-state index contributed by atoms with van der Waals surface area (Å²) in [6.07, 6.45) is 2.41. The minimum Gasteiger partial charge on any atom is -0.490 e. The molecule has 0 bridgehead atoms. The molecule has 0 radical (unpaired) electrons. The van der Waals surface area contributed by atoms with Crippen molar-refractivity contribution in [3.8, 4) is 5.75 Å². The van der Waals surface area contributed by atoms with Crippen LogP contribution in [0.5, 0.6) is 5.75 Å². The van der Waals surface area contributed by atoms with E-state index in [2.05, 4.69) is 25.7 Å². The number of nitrogens with zero attached hydrogens (tertiary/aromatic N) is 1. The van der Waals surface area contributed by atoms with Gasteiger partial charge in [-0.15, -0.1) is 0 Å². The Hall–Kier alpha value is -1.35. The Balaban J connectivity index is 1.88. The van der Waals surface area contributed by atoms with Gasteiger partial charge >= 0.3 is 0 Å². The fourth-order valence-corrected chi connectivity index (χ4v) is 2.61. The van der Waals surface area contributed by atoms with Gasteiger partial charge in [-0.05, 0) is 64.8 Å². The van der Waals surface area contributed by atoms with Crippen LogP contribution >= 0.6 is 0 Å². The number of likely N-dealkylation sites (tertiary alicyclic amines) is 1. The second kappa shape index (κ2) is 5.96. The van der Waals surface area contributed by atoms with Gasteiger partial charge in [-0.3, -0.25) is 9.69 Å². The molecule has 1 saturated heterocycles. The average Bonchev–Trinajstić information content (AvgIpc) is 2.39. The number of ketones is 1. The summed E-state index contributed by atoms with van der Waals surface area (Å²) in [7, 11) is 0. The molecular formula is C17H25NO2. The summed E-state index contributed by atoms with van der Waals surface area (Å²) in [5, 5.41) is 0. The van der Waals surface area contributed by atoms with E-state index in [1.165, 1.54) is 0 Å². The molecule has 0 aliphatic carbocycles. The van der Waals surface area contributed by atoms with E-state index in [0.29, 0.717) is 0 Å². The van der Waals surface area contributed by atoms with Crippen LogP contribution in [0.2, 0.25) is 0 Å². The highest BCUT2D eigenvalue weighted by Crippen LogP contribution is 2.23. The lowest BCUT2D eigenvalue weighted by molar-refractivity contribution is 0.0491. The van der Waals surface area contributed by atoms with E-state index in [4.69, 9.17) is 4.74 Å². The molecule has 0 N–H and O–H groups in total. The lowest BCUT2D eigenvalue weighted by atomic mass is 9.99. The summed E-state index contributed by atoms with van der Waals surface area (Å²) in [5.74, 6) is 0.958. The van der Waals surface area contributed by atoms with Gasteiger partial charge in [0.15, 0.2) is 5.78 Å². The summed E-state index contributed by atoms with van der Waals surface area (Å²) < 4.78 is 6.01. The number of Topliss-reactive ketones (excluding diaryl/α,β-unsaturated/α-hetero) is 1. The molecule has 0 saturated carbocycles. The average molecular weight is 275 g/mol. The molecule has 1 aromatic carbocycles. The molecule has 110 valence electrons. The van der Waals surface area contributed by atoms with Gasteiger partial charge < -0.3 is 4.74 Å². The highest BCUT2D eigenvalue weighted by atomic mass is 16.5. The Morgan fingerprint density at radius 3 is 2.15 bits per heavy atom. The van der Waals surface area contributed by atoms with Crippen LogP contribution in [0.15, 0.2) is 24.3 Å². The summed E-state index contributed by atoms with van der Waals surface area (Å²) in [4.78, 5) is 13.7. The van der Waals surface area contributed by atoms with Crippen molar-refractivity contribution < 1.29 is 9.53 Å². The van der Waals surface area contributed by atoms with Crippen molar-refractivity contribution in [2.75, 3.05) is 13.1 Å². The highest BCUT2D eigenvalue weighted by Gasteiger charge is 2.27. The largest absolute Gasteiger partial charge is 0.490 e. The smallest absolute Gasteiger partial charge is 0.159 e. The van der Waals surface area contributed by atoms with Gasteiger partial charge in [-0.1, -0.05) is 0 Å². The summed E-state index contributed by atoms with van der Waals surface area (Å²) in [6, 6.07) is 7.46. The Bertz CT molecular complexity index is 451. The van der Waals surface area contributed by atoms with Crippen molar-refractivity contribution >= 4 is 5.78 Å². The zero-order valence-electron chi connectivity index (χ0n) is 13.0. The van der Waals surface area contributed by atoms with Crippen molar-refractivity contribution in [3.63, 3.8) is 0 Å². The van der Waals surface area contributed by atoms with Crippen molar-refractivity contribution in [1.82, 2.24) is 4.90 Å². The first-order chi connectivity index (χ1) is 9.36. The number of rotatable bonds is 3.